The molecule has 0 spiro atoms. The van der Waals surface area contributed by atoms with Crippen molar-refractivity contribution in [1.29, 1.82) is 0 Å². The Labute approximate surface area is 232 Å². The Balaban J connectivity index is 0.000000358. The average molecular weight is 709 g/mol. The minimum absolute atomic E-state index is 0. The van der Waals surface area contributed by atoms with Crippen LogP contribution in [0.2, 0.25) is 0 Å². The fourth-order valence-electron chi connectivity index (χ4n) is 3.75. The van der Waals surface area contributed by atoms with Gasteiger partial charge in [0.1, 0.15) is 11.7 Å². The van der Waals surface area contributed by atoms with Gasteiger partial charge in [-0.15, -0.1) is 0 Å². The summed E-state index contributed by atoms with van der Waals surface area (Å²) in [6, 6.07) is 19.8. The van der Waals surface area contributed by atoms with Gasteiger partial charge < -0.3 is 24.9 Å². The molecule has 0 aliphatic carbocycles. The van der Waals surface area contributed by atoms with Crippen LogP contribution in [0.25, 0.3) is 16.9 Å². The smallest absolute Gasteiger partial charge is 0.208 e. The molecule has 2 aromatic carbocycles. The van der Waals surface area contributed by atoms with E-state index in [-0.39, 0.29) is 50.1 Å². The summed E-state index contributed by atoms with van der Waals surface area (Å²) in [4.78, 5) is 10.9. The van der Waals surface area contributed by atoms with Crippen LogP contribution in [0.1, 0.15) is 23.8 Å². The van der Waals surface area contributed by atoms with Gasteiger partial charge in [0.2, 0.25) is 6.08 Å². The van der Waals surface area contributed by atoms with Crippen molar-refractivity contribution in [2.24, 2.45) is 0 Å². The number of ether oxygens (including phenoxy) is 3. The van der Waals surface area contributed by atoms with Gasteiger partial charge in [-0.3, -0.25) is 8.96 Å². The molecule has 0 saturated carbocycles. The molecular formula is C26H29F3IrN5O3-. The standard InChI is InChI=1S/C17H16F2N5O2.C8H10O.CH3F.Ir/c18-12-6-11(8-25-7-10-4-2-1-3-5-10)26-16(12)24-9-21-13-14(20)22-17(19)23-15(13)24;1-9-7-8-5-3-2-4-6-8;1-2;/h1-5,9,11-12,16H,6-8H2,(H-,20,22,23);2-6H,7H2,1H3;1H3;/q-1;;;. The van der Waals surface area contributed by atoms with Crippen molar-refractivity contribution in [2.45, 2.75) is 38.1 Å². The van der Waals surface area contributed by atoms with Crippen LogP contribution in [0.4, 0.5) is 19.0 Å². The van der Waals surface area contributed by atoms with Gasteiger partial charge in [-0.1, -0.05) is 60.7 Å². The number of methoxy groups -OCH3 is 1. The number of hydrogen-bond donors (Lipinski definition) is 0. The maximum atomic E-state index is 14.5. The molecule has 1 fully saturated rings. The number of nitrogens with zero attached hydrogens (tertiary/aromatic N) is 4. The molecule has 38 heavy (non-hydrogen) atoms. The number of halogens is 3. The maximum absolute atomic E-state index is 14.5. The number of aromatic nitrogens is 4. The van der Waals surface area contributed by atoms with Gasteiger partial charge in [-0.05, 0) is 16.9 Å². The first kappa shape index (κ1) is 31.3. The number of nitrogens with one attached hydrogen (secondary N) is 1. The minimum atomic E-state index is -1.31. The summed E-state index contributed by atoms with van der Waals surface area (Å²) in [5.41, 5.74) is 10.0. The molecule has 0 bridgehead atoms. The van der Waals surface area contributed by atoms with E-state index in [1.54, 1.807) is 7.11 Å². The molecule has 4 aromatic rings. The van der Waals surface area contributed by atoms with Crippen molar-refractivity contribution in [3.05, 3.63) is 89.9 Å². The SMILES string of the molecule is CF.COCc1ccccc1.[Ir].[NH-]c1nc(F)nc2c1ncn2C1OC(COCc2ccccc2)CC1F. The largest absolute Gasteiger partial charge is 0.480 e. The molecule has 1 N–H and O–H groups in total. The van der Waals surface area contributed by atoms with Crippen LogP contribution in [0, 0.1) is 6.08 Å². The summed E-state index contributed by atoms with van der Waals surface area (Å²) < 4.78 is 54.9. The normalized spacial score (nSPS) is 18.1. The molecule has 12 heteroatoms. The molecule has 5 rings (SSSR count). The van der Waals surface area contributed by atoms with Crippen LogP contribution in [-0.2, 0) is 47.5 Å². The van der Waals surface area contributed by atoms with E-state index in [1.165, 1.54) is 16.5 Å². The summed E-state index contributed by atoms with van der Waals surface area (Å²) in [5.74, 6) is -0.345. The first-order chi connectivity index (χ1) is 18.0. The fourth-order valence-corrected chi connectivity index (χ4v) is 3.75. The Hall–Kier alpha value is -2.89. The van der Waals surface area contributed by atoms with E-state index in [0.717, 1.165) is 5.56 Å². The predicted octanol–water partition coefficient (Wildman–Crippen LogP) is 5.91. The zero-order valence-electron chi connectivity index (χ0n) is 20.9. The Morgan fingerprint density at radius 1 is 1.00 bits per heavy atom. The molecule has 1 radical (unpaired) electrons. The van der Waals surface area contributed by atoms with Crippen molar-refractivity contribution in [1.82, 2.24) is 19.5 Å². The first-order valence-electron chi connectivity index (χ1n) is 11.5. The summed E-state index contributed by atoms with van der Waals surface area (Å²) in [5, 5.41) is 0. The number of rotatable bonds is 7. The molecule has 207 valence electrons. The van der Waals surface area contributed by atoms with Crippen molar-refractivity contribution in [2.75, 3.05) is 20.9 Å². The van der Waals surface area contributed by atoms with Crippen LogP contribution in [0.3, 0.4) is 0 Å². The van der Waals surface area contributed by atoms with Crippen molar-refractivity contribution in [3.8, 4) is 0 Å². The molecule has 3 heterocycles. The van der Waals surface area contributed by atoms with Gasteiger partial charge in [0.15, 0.2) is 11.9 Å². The van der Waals surface area contributed by atoms with Crippen LogP contribution in [-0.4, -0.2) is 52.7 Å². The number of hydrogen-bond acceptors (Lipinski definition) is 6. The molecule has 1 aliphatic rings. The van der Waals surface area contributed by atoms with Gasteiger partial charge in [0.05, 0.1) is 39.4 Å². The molecule has 3 unspecified atom stereocenters. The van der Waals surface area contributed by atoms with Crippen LogP contribution in [0.15, 0.2) is 67.0 Å². The first-order valence-corrected chi connectivity index (χ1v) is 11.5. The second-order valence-electron chi connectivity index (χ2n) is 7.98. The van der Waals surface area contributed by atoms with E-state index in [4.69, 9.17) is 19.9 Å². The third-order valence-electron chi connectivity index (χ3n) is 5.37. The molecule has 0 amide bonds. The molecular weight excluding hydrogens is 680 g/mol. The van der Waals surface area contributed by atoms with Crippen molar-refractivity contribution in [3.63, 3.8) is 0 Å². The van der Waals surface area contributed by atoms with E-state index >= 15 is 0 Å². The quantitative estimate of drug-likeness (QED) is 0.222. The Morgan fingerprint density at radius 3 is 2.21 bits per heavy atom. The van der Waals surface area contributed by atoms with Crippen LogP contribution in [0.5, 0.6) is 0 Å². The van der Waals surface area contributed by atoms with Gasteiger partial charge in [-0.2, -0.15) is 4.39 Å². The average Bonchev–Trinajstić information content (AvgIpc) is 3.50. The summed E-state index contributed by atoms with van der Waals surface area (Å²) in [6.07, 6.45) is -2.34. The fraction of sp³-hybridized carbons (Fsp3) is 0.346. The second-order valence-corrected chi connectivity index (χ2v) is 7.98. The van der Waals surface area contributed by atoms with E-state index in [9.17, 15) is 13.2 Å². The van der Waals surface area contributed by atoms with E-state index in [1.807, 2.05) is 60.7 Å². The summed E-state index contributed by atoms with van der Waals surface area (Å²) in [7, 11) is 2.20. The third-order valence-corrected chi connectivity index (χ3v) is 5.37. The van der Waals surface area contributed by atoms with Gasteiger partial charge >= 0.3 is 0 Å². The molecule has 1 saturated heterocycles. The molecule has 8 nitrogen and oxygen atoms in total. The summed E-state index contributed by atoms with van der Waals surface area (Å²) in [6.45, 7) is 1.36. The third kappa shape index (κ3) is 8.57. The van der Waals surface area contributed by atoms with Gasteiger partial charge in [-0.25, -0.2) is 14.4 Å². The monoisotopic (exact) mass is 709 g/mol. The number of alkyl halides is 2. The molecule has 2 aromatic heterocycles. The predicted molar refractivity (Wildman–Crippen MR) is 133 cm³/mol. The zero-order valence-corrected chi connectivity index (χ0v) is 23.3. The van der Waals surface area contributed by atoms with Crippen LogP contribution < -0.4 is 0 Å². The molecule has 3 atom stereocenters. The van der Waals surface area contributed by atoms with E-state index in [0.29, 0.717) is 20.4 Å². The van der Waals surface area contributed by atoms with Gasteiger partial charge in [0.25, 0.3) is 0 Å². The number of imidazole rings is 1. The number of fused-ring (bicyclic) bond motifs is 1. The maximum Gasteiger partial charge on any atom is 0.208 e. The Morgan fingerprint density at radius 2 is 1.61 bits per heavy atom. The Bertz CT molecular complexity index is 1220. The van der Waals surface area contributed by atoms with Crippen molar-refractivity contribution < 1.29 is 47.5 Å². The van der Waals surface area contributed by atoms with Crippen LogP contribution >= 0.6 is 0 Å². The second kappa shape index (κ2) is 16.2. The van der Waals surface area contributed by atoms with E-state index in [2.05, 4.69) is 15.0 Å². The van der Waals surface area contributed by atoms with Crippen molar-refractivity contribution >= 4 is 17.0 Å². The zero-order chi connectivity index (χ0) is 26.6. The van der Waals surface area contributed by atoms with Gasteiger partial charge in [0, 0.05) is 33.6 Å². The Kier molecular flexibility index (Phi) is 13.3. The number of benzene rings is 2. The summed E-state index contributed by atoms with van der Waals surface area (Å²) >= 11 is 0. The minimum Gasteiger partial charge on any atom is -0.480 e. The topological polar surface area (TPSA) is 95.1 Å². The molecule has 1 aliphatic heterocycles. The van der Waals surface area contributed by atoms with E-state index < -0.39 is 24.6 Å².